The molecule has 0 unspecified atom stereocenters. The molecule has 2 aromatic heterocycles. The van der Waals surface area contributed by atoms with Gasteiger partial charge in [0, 0.05) is 11.1 Å². The number of nitrogens with one attached hydrogen (secondary N) is 1. The maximum atomic E-state index is 6.15. The molecular weight excluding hydrogens is 402 g/mol. The van der Waals surface area contributed by atoms with E-state index in [-0.39, 0.29) is 0 Å². The number of aromatic nitrogens is 4. The van der Waals surface area contributed by atoms with E-state index in [1.807, 2.05) is 85.8 Å². The van der Waals surface area contributed by atoms with Gasteiger partial charge in [-0.15, -0.1) is 0 Å². The molecule has 0 spiro atoms. The average molecular weight is 423 g/mol. The first-order chi connectivity index (χ1) is 15.7. The molecule has 0 atom stereocenters. The molecule has 32 heavy (non-hydrogen) atoms. The average Bonchev–Trinajstić information content (AvgIpc) is 3.21. The zero-order valence-electron chi connectivity index (χ0n) is 17.4. The maximum Gasteiger partial charge on any atom is 0.187 e. The molecule has 0 aliphatic rings. The Morgan fingerprint density at radius 1 is 0.781 bits per heavy atom. The lowest BCUT2D eigenvalue weighted by molar-refractivity contribution is 0.340. The summed E-state index contributed by atoms with van der Waals surface area (Å²) in [6.07, 6.45) is 0. The molecule has 7 nitrogen and oxygen atoms in total. The summed E-state index contributed by atoms with van der Waals surface area (Å²) in [6, 6.07) is 25.0. The number of nitrogens with two attached hydrogens (primary N) is 1. The van der Waals surface area contributed by atoms with Crippen LogP contribution in [0.5, 0.6) is 17.2 Å². The summed E-state index contributed by atoms with van der Waals surface area (Å²) < 4.78 is 11.4. The normalized spacial score (nSPS) is 10.9. The molecule has 7 heteroatoms. The second-order valence-corrected chi connectivity index (χ2v) is 7.13. The topological polar surface area (TPSA) is 98.9 Å². The fourth-order valence-corrected chi connectivity index (χ4v) is 3.46. The molecule has 0 aliphatic carbocycles. The van der Waals surface area contributed by atoms with Crippen molar-refractivity contribution in [3.8, 4) is 39.9 Å². The number of hydrogen-bond donors (Lipinski definition) is 2. The van der Waals surface area contributed by atoms with E-state index in [1.54, 1.807) is 0 Å². The first-order valence-corrected chi connectivity index (χ1v) is 10.3. The highest BCUT2D eigenvalue weighted by Gasteiger charge is 2.16. The minimum atomic E-state index is 0.429. The van der Waals surface area contributed by atoms with Crippen molar-refractivity contribution in [2.24, 2.45) is 0 Å². The van der Waals surface area contributed by atoms with Crippen LogP contribution in [-0.2, 0) is 0 Å². The molecule has 5 rings (SSSR count). The summed E-state index contributed by atoms with van der Waals surface area (Å²) in [6.45, 7) is 2.57. The Labute approximate surface area is 184 Å². The quantitative estimate of drug-likeness (QED) is 0.376. The molecule has 0 fully saturated rings. The van der Waals surface area contributed by atoms with Gasteiger partial charge in [-0.25, -0.2) is 9.97 Å². The second-order valence-electron chi connectivity index (χ2n) is 7.13. The Bertz CT molecular complexity index is 1350. The molecule has 0 saturated heterocycles. The Hall–Kier alpha value is -4.39. The molecule has 2 heterocycles. The monoisotopic (exact) mass is 423 g/mol. The molecule has 0 radical (unpaired) electrons. The minimum Gasteiger partial charge on any atom is -0.494 e. The zero-order chi connectivity index (χ0) is 21.9. The molecule has 3 N–H and O–H groups in total. The van der Waals surface area contributed by atoms with E-state index >= 15 is 0 Å². The number of fused-ring (bicyclic) bond motifs is 1. The molecule has 0 saturated carbocycles. The second kappa shape index (κ2) is 8.39. The molecule has 5 aromatic rings. The van der Waals surface area contributed by atoms with Gasteiger partial charge in [0.1, 0.15) is 23.1 Å². The number of aromatic amines is 1. The van der Waals surface area contributed by atoms with E-state index in [0.29, 0.717) is 35.0 Å². The van der Waals surface area contributed by atoms with Gasteiger partial charge in [0.2, 0.25) is 0 Å². The molecule has 158 valence electrons. The lowest BCUT2D eigenvalue weighted by atomic mass is 10.1. The standard InChI is InChI=1S/C25H21N5O2/c1-2-31-18-12-10-17(11-13-18)24-27-22(21-23(26)29-30-25(21)28-24)16-8-14-20(15-9-16)32-19-6-4-3-5-7-19/h3-15H,2H2,1H3,(H3,26,27,28,29,30). The van der Waals surface area contributed by atoms with Crippen LogP contribution in [0.15, 0.2) is 78.9 Å². The number of ether oxygens (including phenoxy) is 2. The Morgan fingerprint density at radius 3 is 2.16 bits per heavy atom. The Kier molecular flexibility index (Phi) is 5.13. The molecule has 0 amide bonds. The summed E-state index contributed by atoms with van der Waals surface area (Å²) in [5, 5.41) is 7.77. The number of nitrogens with zero attached hydrogens (tertiary/aromatic N) is 3. The summed E-state index contributed by atoms with van der Waals surface area (Å²) in [7, 11) is 0. The van der Waals surface area contributed by atoms with Gasteiger partial charge >= 0.3 is 0 Å². The third-order valence-corrected chi connectivity index (χ3v) is 4.97. The fourth-order valence-electron chi connectivity index (χ4n) is 3.46. The van der Waals surface area contributed by atoms with Gasteiger partial charge in [-0.05, 0) is 67.6 Å². The molecule has 0 bridgehead atoms. The first-order valence-electron chi connectivity index (χ1n) is 10.3. The lowest BCUT2D eigenvalue weighted by Gasteiger charge is -2.09. The predicted molar refractivity (Wildman–Crippen MR) is 125 cm³/mol. The van der Waals surface area contributed by atoms with E-state index in [0.717, 1.165) is 28.4 Å². The SMILES string of the molecule is CCOc1ccc(-c2nc(-c3ccc(Oc4ccccc4)cc3)c3c(N)[nH]nc3n2)cc1. The number of hydrogen-bond acceptors (Lipinski definition) is 6. The zero-order valence-corrected chi connectivity index (χ0v) is 17.4. The first kappa shape index (κ1) is 19.6. The van der Waals surface area contributed by atoms with Crippen molar-refractivity contribution in [2.45, 2.75) is 6.92 Å². The van der Waals surface area contributed by atoms with Crippen molar-refractivity contribution in [3.63, 3.8) is 0 Å². The van der Waals surface area contributed by atoms with Crippen molar-refractivity contribution < 1.29 is 9.47 Å². The maximum absolute atomic E-state index is 6.15. The van der Waals surface area contributed by atoms with E-state index in [2.05, 4.69) is 15.2 Å². The van der Waals surface area contributed by atoms with Crippen LogP contribution in [0.4, 0.5) is 5.82 Å². The number of benzene rings is 3. The van der Waals surface area contributed by atoms with Crippen LogP contribution in [0.1, 0.15) is 6.92 Å². The molecule has 0 aliphatic heterocycles. The lowest BCUT2D eigenvalue weighted by Crippen LogP contribution is -1.96. The highest BCUT2D eigenvalue weighted by atomic mass is 16.5. The highest BCUT2D eigenvalue weighted by molar-refractivity contribution is 5.98. The van der Waals surface area contributed by atoms with Crippen LogP contribution >= 0.6 is 0 Å². The highest BCUT2D eigenvalue weighted by Crippen LogP contribution is 2.33. The number of para-hydroxylation sites is 1. The largest absolute Gasteiger partial charge is 0.494 e. The van der Waals surface area contributed by atoms with Gasteiger partial charge in [0.15, 0.2) is 11.5 Å². The van der Waals surface area contributed by atoms with Gasteiger partial charge in [-0.1, -0.05) is 18.2 Å². The predicted octanol–water partition coefficient (Wildman–Crippen LogP) is 5.46. The smallest absolute Gasteiger partial charge is 0.187 e. The number of nitrogen functional groups attached to an aromatic ring is 1. The van der Waals surface area contributed by atoms with Crippen molar-refractivity contribution in [3.05, 3.63) is 78.9 Å². The number of anilines is 1. The van der Waals surface area contributed by atoms with Gasteiger partial charge < -0.3 is 15.2 Å². The number of rotatable bonds is 6. The van der Waals surface area contributed by atoms with E-state index in [4.69, 9.17) is 20.2 Å². The third-order valence-electron chi connectivity index (χ3n) is 4.97. The van der Waals surface area contributed by atoms with Crippen LogP contribution in [0.25, 0.3) is 33.7 Å². The van der Waals surface area contributed by atoms with Gasteiger partial charge in [-0.3, -0.25) is 5.10 Å². The van der Waals surface area contributed by atoms with Gasteiger partial charge in [0.25, 0.3) is 0 Å². The minimum absolute atomic E-state index is 0.429. The van der Waals surface area contributed by atoms with E-state index in [1.165, 1.54) is 0 Å². The van der Waals surface area contributed by atoms with Crippen molar-refractivity contribution in [1.29, 1.82) is 0 Å². The summed E-state index contributed by atoms with van der Waals surface area (Å²) in [5.41, 5.74) is 9.12. The molecule has 3 aromatic carbocycles. The molecular formula is C25H21N5O2. The van der Waals surface area contributed by atoms with Gasteiger partial charge in [-0.2, -0.15) is 5.10 Å². The number of H-pyrrole nitrogens is 1. The van der Waals surface area contributed by atoms with Crippen molar-refractivity contribution in [2.75, 3.05) is 12.3 Å². The van der Waals surface area contributed by atoms with Gasteiger partial charge in [0.05, 0.1) is 17.7 Å². The van der Waals surface area contributed by atoms with E-state index in [9.17, 15) is 0 Å². The van der Waals surface area contributed by atoms with Crippen LogP contribution in [0.3, 0.4) is 0 Å². The van der Waals surface area contributed by atoms with Crippen LogP contribution in [0, 0.1) is 0 Å². The Morgan fingerprint density at radius 2 is 1.44 bits per heavy atom. The summed E-state index contributed by atoms with van der Waals surface area (Å²) in [5.74, 6) is 3.30. The van der Waals surface area contributed by atoms with E-state index < -0.39 is 0 Å². The fraction of sp³-hybridized carbons (Fsp3) is 0.0800. The van der Waals surface area contributed by atoms with Crippen LogP contribution in [0.2, 0.25) is 0 Å². The van der Waals surface area contributed by atoms with Crippen LogP contribution < -0.4 is 15.2 Å². The third kappa shape index (κ3) is 3.83. The summed E-state index contributed by atoms with van der Waals surface area (Å²) in [4.78, 5) is 9.43. The summed E-state index contributed by atoms with van der Waals surface area (Å²) >= 11 is 0. The van der Waals surface area contributed by atoms with Crippen molar-refractivity contribution in [1.82, 2.24) is 20.2 Å². The Balaban J connectivity index is 1.53. The van der Waals surface area contributed by atoms with Crippen molar-refractivity contribution >= 4 is 16.9 Å². The van der Waals surface area contributed by atoms with Crippen LogP contribution in [-0.4, -0.2) is 26.8 Å².